The summed E-state index contributed by atoms with van der Waals surface area (Å²) in [5.41, 5.74) is 2.17. The van der Waals surface area contributed by atoms with Crippen LogP contribution in [-0.2, 0) is 4.52 Å². The van der Waals surface area contributed by atoms with Gasteiger partial charge in [-0.15, -0.1) is 0 Å². The Morgan fingerprint density at radius 1 is 0.905 bits per heavy atom. The molecule has 0 radical (unpaired) electrons. The lowest BCUT2D eigenvalue weighted by Gasteiger charge is -2.15. The van der Waals surface area contributed by atoms with Gasteiger partial charge in [0.25, 0.3) is 0 Å². The molecule has 0 aromatic heterocycles. The van der Waals surface area contributed by atoms with Crippen molar-refractivity contribution < 1.29 is 13.6 Å². The number of hydrogen-bond donors (Lipinski definition) is 0. The summed E-state index contributed by atoms with van der Waals surface area (Å²) in [5, 5.41) is 0. The van der Waals surface area contributed by atoms with Crippen molar-refractivity contribution in [3.05, 3.63) is 59.7 Å². The molecule has 3 nitrogen and oxygen atoms in total. The Morgan fingerprint density at radius 2 is 1.38 bits per heavy atom. The van der Waals surface area contributed by atoms with E-state index in [2.05, 4.69) is 0 Å². The Balaban J connectivity index is 2.19. The Labute approximate surface area is 131 Å². The van der Waals surface area contributed by atoms with Crippen molar-refractivity contribution in [3.63, 3.8) is 0 Å². The summed E-state index contributed by atoms with van der Waals surface area (Å²) in [7, 11) is -2.98. The highest BCUT2D eigenvalue weighted by atomic mass is 35.7. The topological polar surface area (TPSA) is 27.7 Å². The predicted octanol–water partition coefficient (Wildman–Crippen LogP) is 5.71. The van der Waals surface area contributed by atoms with Gasteiger partial charge in [0.2, 0.25) is 11.2 Å². The lowest BCUT2D eigenvalue weighted by molar-refractivity contribution is 0.271. The normalized spacial score (nSPS) is 11.2. The monoisotopic (exact) mass is 325 g/mol. The van der Waals surface area contributed by atoms with Crippen LogP contribution in [0.4, 0.5) is 0 Å². The zero-order valence-corrected chi connectivity index (χ0v) is 14.0. The van der Waals surface area contributed by atoms with E-state index in [1.165, 1.54) is 0 Å². The van der Waals surface area contributed by atoms with Gasteiger partial charge in [-0.25, -0.2) is 0 Å². The minimum Gasteiger partial charge on any atom is -0.264 e. The lowest BCUT2D eigenvalue weighted by Crippen LogP contribution is -2.07. The van der Waals surface area contributed by atoms with E-state index in [1.54, 1.807) is 0 Å². The van der Waals surface area contributed by atoms with Crippen molar-refractivity contribution in [3.8, 4) is 11.5 Å². The molecule has 0 amide bonds. The molecule has 2 rings (SSSR count). The SMILES string of the molecule is CCO[P+](Cl)(Oc1cccc(C)c1)Oc1cccc(C)c1. The Hall–Kier alpha value is -1.28. The minimum atomic E-state index is -2.98. The molecule has 5 heteroatoms. The molecule has 2 aromatic carbocycles. The fraction of sp³-hybridized carbons (Fsp3) is 0.250. The van der Waals surface area contributed by atoms with Crippen molar-refractivity contribution >= 4 is 18.5 Å². The van der Waals surface area contributed by atoms with Crippen LogP contribution in [0.15, 0.2) is 48.5 Å². The number of halogens is 1. The maximum Gasteiger partial charge on any atom is 0.614 e. The molecule has 0 N–H and O–H groups in total. The average molecular weight is 326 g/mol. The zero-order valence-electron chi connectivity index (χ0n) is 12.4. The van der Waals surface area contributed by atoms with Crippen LogP contribution in [0.3, 0.4) is 0 Å². The van der Waals surface area contributed by atoms with Gasteiger partial charge >= 0.3 is 7.30 Å². The van der Waals surface area contributed by atoms with Gasteiger partial charge < -0.3 is 0 Å². The van der Waals surface area contributed by atoms with Crippen LogP contribution in [-0.4, -0.2) is 6.61 Å². The fourth-order valence-electron chi connectivity index (χ4n) is 1.82. The molecule has 2 aromatic rings. The molecule has 112 valence electrons. The van der Waals surface area contributed by atoms with Gasteiger partial charge in [-0.3, -0.25) is 9.05 Å². The zero-order chi connectivity index (χ0) is 15.3. The molecular formula is C16H19ClO3P+. The molecular weight excluding hydrogens is 307 g/mol. The Bertz CT molecular complexity index is 556. The summed E-state index contributed by atoms with van der Waals surface area (Å²) in [6.07, 6.45) is 0. The highest BCUT2D eigenvalue weighted by molar-refractivity contribution is 7.88. The number of hydrogen-bond acceptors (Lipinski definition) is 3. The van der Waals surface area contributed by atoms with Crippen LogP contribution in [0.2, 0.25) is 0 Å². The molecule has 21 heavy (non-hydrogen) atoms. The van der Waals surface area contributed by atoms with Crippen LogP contribution >= 0.6 is 18.5 Å². The third-order valence-electron chi connectivity index (χ3n) is 2.69. The lowest BCUT2D eigenvalue weighted by atomic mass is 10.2. The highest BCUT2D eigenvalue weighted by Crippen LogP contribution is 2.65. The van der Waals surface area contributed by atoms with Gasteiger partial charge in [-0.2, -0.15) is 4.52 Å². The van der Waals surface area contributed by atoms with Crippen LogP contribution in [0.1, 0.15) is 18.1 Å². The second kappa shape index (κ2) is 7.13. The van der Waals surface area contributed by atoms with E-state index in [0.717, 1.165) is 11.1 Å². The summed E-state index contributed by atoms with van der Waals surface area (Å²) >= 11 is 6.46. The summed E-state index contributed by atoms with van der Waals surface area (Å²) in [4.78, 5) is 0. The largest absolute Gasteiger partial charge is 0.614 e. The Morgan fingerprint density at radius 3 is 1.76 bits per heavy atom. The van der Waals surface area contributed by atoms with E-state index in [0.29, 0.717) is 18.1 Å². The second-order valence-electron chi connectivity index (χ2n) is 4.66. The van der Waals surface area contributed by atoms with E-state index in [4.69, 9.17) is 24.8 Å². The summed E-state index contributed by atoms with van der Waals surface area (Å²) in [6.45, 7) is 6.25. The third kappa shape index (κ3) is 4.89. The summed E-state index contributed by atoms with van der Waals surface area (Å²) < 4.78 is 17.1. The smallest absolute Gasteiger partial charge is 0.264 e. The third-order valence-corrected chi connectivity index (χ3v) is 4.82. The first-order valence-electron chi connectivity index (χ1n) is 6.76. The predicted molar refractivity (Wildman–Crippen MR) is 88.0 cm³/mol. The highest BCUT2D eigenvalue weighted by Gasteiger charge is 2.48. The quantitative estimate of drug-likeness (QED) is 0.636. The molecule has 0 saturated carbocycles. The van der Waals surface area contributed by atoms with Gasteiger partial charge in [0.15, 0.2) is 11.5 Å². The van der Waals surface area contributed by atoms with Crippen molar-refractivity contribution in [2.75, 3.05) is 6.61 Å². The van der Waals surface area contributed by atoms with Crippen molar-refractivity contribution in [1.82, 2.24) is 0 Å². The van der Waals surface area contributed by atoms with Gasteiger partial charge in [0.1, 0.15) is 0 Å². The molecule has 0 saturated heterocycles. The number of benzene rings is 2. The van der Waals surface area contributed by atoms with Crippen LogP contribution < -0.4 is 9.05 Å². The minimum absolute atomic E-state index is 0.412. The average Bonchev–Trinajstić information content (AvgIpc) is 2.38. The van der Waals surface area contributed by atoms with Gasteiger partial charge in [0.05, 0.1) is 6.61 Å². The molecule has 0 heterocycles. The number of rotatable bonds is 6. The standard InChI is InChI=1S/C16H19ClO3P/c1-4-18-21(17,19-15-9-5-7-13(2)11-15)20-16-10-6-8-14(3)12-16/h5-12H,4H2,1-3H3/q+1. The molecule has 0 aliphatic rings. The fourth-order valence-corrected chi connectivity index (χ4v) is 3.77. The van der Waals surface area contributed by atoms with Crippen LogP contribution in [0, 0.1) is 13.8 Å². The van der Waals surface area contributed by atoms with Crippen LogP contribution in [0.5, 0.6) is 11.5 Å². The van der Waals surface area contributed by atoms with Crippen molar-refractivity contribution in [2.45, 2.75) is 20.8 Å². The van der Waals surface area contributed by atoms with Crippen molar-refractivity contribution in [2.24, 2.45) is 0 Å². The van der Waals surface area contributed by atoms with Crippen LogP contribution in [0.25, 0.3) is 0 Å². The van der Waals surface area contributed by atoms with Gasteiger partial charge in [0, 0.05) is 0 Å². The molecule has 0 spiro atoms. The molecule has 0 aliphatic carbocycles. The summed E-state index contributed by atoms with van der Waals surface area (Å²) in [6, 6.07) is 15.3. The Kier molecular flexibility index (Phi) is 5.46. The second-order valence-corrected chi connectivity index (χ2v) is 7.39. The maximum absolute atomic E-state index is 6.46. The van der Waals surface area contributed by atoms with E-state index in [-0.39, 0.29) is 0 Å². The van der Waals surface area contributed by atoms with Gasteiger partial charge in [-0.05, 0) is 56.2 Å². The van der Waals surface area contributed by atoms with E-state index in [9.17, 15) is 0 Å². The first kappa shape index (κ1) is 16.1. The maximum atomic E-state index is 6.46. The molecule has 0 aliphatic heterocycles. The first-order chi connectivity index (χ1) is 10.0. The molecule has 0 unspecified atom stereocenters. The van der Waals surface area contributed by atoms with E-state index in [1.807, 2.05) is 69.3 Å². The molecule has 0 bridgehead atoms. The first-order valence-corrected chi connectivity index (χ1v) is 9.21. The van der Waals surface area contributed by atoms with E-state index < -0.39 is 7.30 Å². The number of aryl methyl sites for hydroxylation is 2. The summed E-state index contributed by atoms with van der Waals surface area (Å²) in [5.74, 6) is 1.28. The molecule has 0 atom stereocenters. The molecule has 0 fully saturated rings. The van der Waals surface area contributed by atoms with Crippen molar-refractivity contribution in [1.29, 1.82) is 0 Å². The van der Waals surface area contributed by atoms with Gasteiger partial charge in [-0.1, -0.05) is 24.3 Å². The van der Waals surface area contributed by atoms with E-state index >= 15 is 0 Å².